The molecule has 0 bridgehead atoms. The minimum absolute atomic E-state index is 0.208. The van der Waals surface area contributed by atoms with Crippen molar-refractivity contribution in [2.24, 2.45) is 0 Å². The normalized spacial score (nSPS) is 11.9. The van der Waals surface area contributed by atoms with Gasteiger partial charge in [0.25, 0.3) is 6.43 Å². The lowest BCUT2D eigenvalue weighted by Gasteiger charge is -2.02. The molecule has 0 amide bonds. The van der Waals surface area contributed by atoms with Gasteiger partial charge < -0.3 is 4.74 Å². The van der Waals surface area contributed by atoms with Gasteiger partial charge in [0.1, 0.15) is 0 Å². The van der Waals surface area contributed by atoms with E-state index < -0.39 is 12.2 Å². The van der Waals surface area contributed by atoms with Gasteiger partial charge in [-0.15, -0.1) is 0 Å². The van der Waals surface area contributed by atoms with E-state index >= 15 is 0 Å². The third-order valence-corrected chi connectivity index (χ3v) is 1.10. The Morgan fingerprint density at radius 1 is 1.64 bits per heavy atom. The second-order valence-electron chi connectivity index (χ2n) is 1.87. The van der Waals surface area contributed by atoms with Crippen molar-refractivity contribution in [3.05, 3.63) is 11.8 Å². The van der Waals surface area contributed by atoms with Crippen molar-refractivity contribution in [3.8, 4) is 0 Å². The average molecular weight is 164 g/mol. The molecule has 4 heteroatoms. The van der Waals surface area contributed by atoms with E-state index in [1.54, 1.807) is 6.92 Å². The Hall–Kier alpha value is -0.930. The first-order chi connectivity index (χ1) is 5.11. The Morgan fingerprint density at radius 2 is 2.18 bits per heavy atom. The van der Waals surface area contributed by atoms with Gasteiger partial charge in [-0.2, -0.15) is 0 Å². The number of hydrogen-bond donors (Lipinski definition) is 0. The van der Waals surface area contributed by atoms with Crippen molar-refractivity contribution >= 4 is 5.78 Å². The van der Waals surface area contributed by atoms with Crippen LogP contribution in [-0.4, -0.2) is 19.3 Å². The van der Waals surface area contributed by atoms with Crippen molar-refractivity contribution in [1.29, 1.82) is 0 Å². The summed E-state index contributed by atoms with van der Waals surface area (Å²) in [5, 5.41) is 0. The fourth-order valence-corrected chi connectivity index (χ4v) is 0.472. The molecule has 0 aliphatic rings. The zero-order valence-electron chi connectivity index (χ0n) is 6.43. The third kappa shape index (κ3) is 3.70. The number of hydrogen-bond acceptors (Lipinski definition) is 2. The first-order valence-corrected chi connectivity index (χ1v) is 3.18. The van der Waals surface area contributed by atoms with E-state index in [1.165, 1.54) is 0 Å². The highest BCUT2D eigenvalue weighted by Gasteiger charge is 2.11. The van der Waals surface area contributed by atoms with E-state index in [1.807, 2.05) is 0 Å². The Labute approximate surface area is 63.8 Å². The molecule has 0 saturated carbocycles. The summed E-state index contributed by atoms with van der Waals surface area (Å²) in [7, 11) is 1.11. The van der Waals surface area contributed by atoms with E-state index in [-0.39, 0.29) is 12.2 Å². The van der Waals surface area contributed by atoms with Crippen molar-refractivity contribution in [2.45, 2.75) is 19.8 Å². The molecule has 11 heavy (non-hydrogen) atoms. The molecular formula is C7H10F2O2. The first kappa shape index (κ1) is 10.1. The second kappa shape index (κ2) is 4.82. The highest BCUT2D eigenvalue weighted by Crippen LogP contribution is 2.08. The topological polar surface area (TPSA) is 26.3 Å². The summed E-state index contributed by atoms with van der Waals surface area (Å²) < 4.78 is 28.0. The van der Waals surface area contributed by atoms with Crippen molar-refractivity contribution in [2.75, 3.05) is 7.11 Å². The van der Waals surface area contributed by atoms with Gasteiger partial charge >= 0.3 is 0 Å². The molecule has 0 aromatic rings. The lowest BCUT2D eigenvalue weighted by molar-refractivity contribution is -0.114. The highest BCUT2D eigenvalue weighted by atomic mass is 19.3. The maximum atomic E-state index is 11.9. The van der Waals surface area contributed by atoms with E-state index in [2.05, 4.69) is 4.74 Å². The zero-order chi connectivity index (χ0) is 8.85. The van der Waals surface area contributed by atoms with Crippen LogP contribution in [0.2, 0.25) is 0 Å². The molecule has 0 saturated heterocycles. The van der Waals surface area contributed by atoms with Gasteiger partial charge in [0, 0.05) is 12.5 Å². The summed E-state index contributed by atoms with van der Waals surface area (Å²) in [5.41, 5.74) is 0. The van der Waals surface area contributed by atoms with Crippen molar-refractivity contribution < 1.29 is 18.3 Å². The number of methoxy groups -OCH3 is 1. The van der Waals surface area contributed by atoms with Crippen LogP contribution >= 0.6 is 0 Å². The molecule has 0 aromatic carbocycles. The molecule has 64 valence electrons. The Morgan fingerprint density at radius 3 is 2.45 bits per heavy atom. The van der Waals surface area contributed by atoms with Gasteiger partial charge in [0.05, 0.1) is 7.11 Å². The standard InChI is InChI=1S/C7H10F2O2/c1-3-5(10)4-6(11-2)7(8)9/h4,7H,3H2,1-2H3. The average Bonchev–Trinajstić information content (AvgIpc) is 1.99. The van der Waals surface area contributed by atoms with Crippen LogP contribution in [0.25, 0.3) is 0 Å². The monoisotopic (exact) mass is 164 g/mol. The molecule has 0 aliphatic carbocycles. The smallest absolute Gasteiger partial charge is 0.294 e. The molecule has 0 atom stereocenters. The zero-order valence-corrected chi connectivity index (χ0v) is 6.43. The van der Waals surface area contributed by atoms with Gasteiger partial charge in [-0.1, -0.05) is 6.92 Å². The van der Waals surface area contributed by atoms with E-state index in [0.717, 1.165) is 13.2 Å². The first-order valence-electron chi connectivity index (χ1n) is 3.18. The van der Waals surface area contributed by atoms with Crippen LogP contribution in [0.3, 0.4) is 0 Å². The second-order valence-corrected chi connectivity index (χ2v) is 1.87. The highest BCUT2D eigenvalue weighted by molar-refractivity contribution is 5.89. The summed E-state index contributed by atoms with van der Waals surface area (Å²) in [6, 6.07) is 0. The Bertz CT molecular complexity index is 164. The van der Waals surface area contributed by atoms with Gasteiger partial charge in [-0.05, 0) is 0 Å². The number of ether oxygens (including phenoxy) is 1. The summed E-state index contributed by atoms with van der Waals surface area (Å²) >= 11 is 0. The van der Waals surface area contributed by atoms with Gasteiger partial charge in [-0.25, -0.2) is 8.78 Å². The predicted molar refractivity (Wildman–Crippen MR) is 36.4 cm³/mol. The SMILES string of the molecule is CCC(=O)C=C(OC)C(F)F. The number of carbonyl (C=O) groups is 1. The van der Waals surface area contributed by atoms with Crippen LogP contribution in [0.4, 0.5) is 8.78 Å². The fourth-order valence-electron chi connectivity index (χ4n) is 0.472. The van der Waals surface area contributed by atoms with Crippen molar-refractivity contribution in [3.63, 3.8) is 0 Å². The maximum Gasteiger partial charge on any atom is 0.294 e. The molecule has 0 unspecified atom stereocenters. The lowest BCUT2D eigenvalue weighted by atomic mass is 10.3. The number of rotatable bonds is 4. The van der Waals surface area contributed by atoms with Crippen molar-refractivity contribution in [1.82, 2.24) is 0 Å². The number of alkyl halides is 2. The molecule has 0 fully saturated rings. The van der Waals surface area contributed by atoms with Gasteiger partial charge in [0.2, 0.25) is 0 Å². The molecule has 0 aromatic heterocycles. The maximum absolute atomic E-state index is 11.9. The van der Waals surface area contributed by atoms with Crippen LogP contribution in [0, 0.1) is 0 Å². The molecular weight excluding hydrogens is 154 g/mol. The summed E-state index contributed by atoms with van der Waals surface area (Å²) in [6.07, 6.45) is -1.68. The molecule has 0 rings (SSSR count). The summed E-state index contributed by atoms with van der Waals surface area (Å²) in [6.45, 7) is 1.59. The number of allylic oxidation sites excluding steroid dienone is 2. The molecule has 0 radical (unpaired) electrons. The van der Waals surface area contributed by atoms with Crippen LogP contribution in [0.15, 0.2) is 11.8 Å². The molecule has 0 aliphatic heterocycles. The van der Waals surface area contributed by atoms with Crippen LogP contribution < -0.4 is 0 Å². The Balaban J connectivity index is 4.23. The molecule has 0 spiro atoms. The lowest BCUT2D eigenvalue weighted by Crippen LogP contribution is -2.02. The van der Waals surface area contributed by atoms with Crippen LogP contribution in [-0.2, 0) is 9.53 Å². The third-order valence-electron chi connectivity index (χ3n) is 1.10. The minimum Gasteiger partial charge on any atom is -0.495 e. The fraction of sp³-hybridized carbons (Fsp3) is 0.571. The molecule has 0 N–H and O–H groups in total. The largest absolute Gasteiger partial charge is 0.495 e. The summed E-state index contributed by atoms with van der Waals surface area (Å²) in [5.74, 6) is -0.931. The number of carbonyl (C=O) groups excluding carboxylic acids is 1. The van der Waals surface area contributed by atoms with E-state index in [0.29, 0.717) is 0 Å². The van der Waals surface area contributed by atoms with E-state index in [9.17, 15) is 13.6 Å². The summed E-state index contributed by atoms with van der Waals surface area (Å²) in [4.78, 5) is 10.6. The minimum atomic E-state index is -2.71. The molecule has 2 nitrogen and oxygen atoms in total. The molecule has 0 heterocycles. The quantitative estimate of drug-likeness (QED) is 0.467. The van der Waals surface area contributed by atoms with Gasteiger partial charge in [0.15, 0.2) is 11.5 Å². The van der Waals surface area contributed by atoms with E-state index in [4.69, 9.17) is 0 Å². The predicted octanol–water partition coefficient (Wildman–Crippen LogP) is 1.76. The van der Waals surface area contributed by atoms with Crippen LogP contribution in [0.1, 0.15) is 13.3 Å². The Kier molecular flexibility index (Phi) is 4.41. The van der Waals surface area contributed by atoms with Crippen LogP contribution in [0.5, 0.6) is 0 Å². The number of halogens is 2. The van der Waals surface area contributed by atoms with Gasteiger partial charge in [-0.3, -0.25) is 4.79 Å². The number of ketones is 1.